The van der Waals surface area contributed by atoms with Crippen molar-refractivity contribution in [2.45, 2.75) is 6.42 Å². The lowest BCUT2D eigenvalue weighted by atomic mass is 10.2. The van der Waals surface area contributed by atoms with E-state index in [-0.39, 0.29) is 17.4 Å². The molecule has 0 bridgehead atoms. The number of hydrogen-bond donors (Lipinski definition) is 1. The normalized spacial score (nSPS) is 15.0. The van der Waals surface area contributed by atoms with E-state index >= 15 is 0 Å². The van der Waals surface area contributed by atoms with E-state index in [4.69, 9.17) is 9.52 Å². The standard InChI is InChI=1S/C9H9NO4/c11-8(10-4-1-5-10)6-2-3-7(14-6)9(12)13/h2-3H,1,4-5H2,(H,12,13). The number of furan rings is 1. The van der Waals surface area contributed by atoms with Gasteiger partial charge in [0.25, 0.3) is 5.91 Å². The van der Waals surface area contributed by atoms with Crippen LogP contribution in [0.25, 0.3) is 0 Å². The van der Waals surface area contributed by atoms with Crippen LogP contribution in [0.4, 0.5) is 0 Å². The number of nitrogens with zero attached hydrogens (tertiary/aromatic N) is 1. The second kappa shape index (κ2) is 3.17. The van der Waals surface area contributed by atoms with Crippen molar-refractivity contribution < 1.29 is 19.1 Å². The summed E-state index contributed by atoms with van der Waals surface area (Å²) in [6.07, 6.45) is 0.998. The number of carboxylic acid groups (broad SMARTS) is 1. The molecular formula is C9H9NO4. The summed E-state index contributed by atoms with van der Waals surface area (Å²) in [5, 5.41) is 8.57. The van der Waals surface area contributed by atoms with Crippen LogP contribution in [0.2, 0.25) is 0 Å². The minimum atomic E-state index is -1.16. The fraction of sp³-hybridized carbons (Fsp3) is 0.333. The van der Waals surface area contributed by atoms with Gasteiger partial charge in [-0.1, -0.05) is 0 Å². The van der Waals surface area contributed by atoms with Gasteiger partial charge in [0.05, 0.1) is 0 Å². The molecule has 1 fully saturated rings. The van der Waals surface area contributed by atoms with Crippen molar-refractivity contribution in [2.24, 2.45) is 0 Å². The highest BCUT2D eigenvalue weighted by Crippen LogP contribution is 2.15. The van der Waals surface area contributed by atoms with Crippen molar-refractivity contribution in [1.82, 2.24) is 4.90 Å². The van der Waals surface area contributed by atoms with Crippen molar-refractivity contribution in [1.29, 1.82) is 0 Å². The summed E-state index contributed by atoms with van der Waals surface area (Å²) in [4.78, 5) is 23.6. The zero-order valence-electron chi connectivity index (χ0n) is 7.40. The predicted octanol–water partition coefficient (Wildman–Crippen LogP) is 0.824. The SMILES string of the molecule is O=C(O)c1ccc(C(=O)N2CCC2)o1. The minimum Gasteiger partial charge on any atom is -0.475 e. The fourth-order valence-corrected chi connectivity index (χ4v) is 1.24. The number of carbonyl (C=O) groups is 2. The molecule has 0 aromatic carbocycles. The second-order valence-electron chi connectivity index (χ2n) is 3.11. The first kappa shape index (κ1) is 8.80. The van der Waals surface area contributed by atoms with Crippen LogP contribution in [0, 0.1) is 0 Å². The maximum atomic E-state index is 11.5. The molecule has 1 aromatic rings. The average Bonchev–Trinajstić information content (AvgIpc) is 2.48. The van der Waals surface area contributed by atoms with Gasteiger partial charge in [0, 0.05) is 13.1 Å². The lowest BCUT2D eigenvalue weighted by Gasteiger charge is -2.29. The number of rotatable bonds is 2. The van der Waals surface area contributed by atoms with Gasteiger partial charge >= 0.3 is 5.97 Å². The molecule has 74 valence electrons. The Hall–Kier alpha value is -1.78. The Balaban J connectivity index is 2.15. The molecule has 0 radical (unpaired) electrons. The van der Waals surface area contributed by atoms with Crippen LogP contribution in [0.5, 0.6) is 0 Å². The number of carboxylic acids is 1. The van der Waals surface area contributed by atoms with Gasteiger partial charge in [-0.25, -0.2) is 4.79 Å². The van der Waals surface area contributed by atoms with Crippen LogP contribution in [-0.2, 0) is 0 Å². The molecule has 14 heavy (non-hydrogen) atoms. The zero-order chi connectivity index (χ0) is 10.1. The molecule has 1 aliphatic heterocycles. The molecule has 0 atom stereocenters. The third-order valence-electron chi connectivity index (χ3n) is 2.17. The quantitative estimate of drug-likeness (QED) is 0.758. The van der Waals surface area contributed by atoms with Crippen LogP contribution in [-0.4, -0.2) is 35.0 Å². The smallest absolute Gasteiger partial charge is 0.371 e. The molecule has 2 rings (SSSR count). The van der Waals surface area contributed by atoms with Gasteiger partial charge in [-0.2, -0.15) is 0 Å². The van der Waals surface area contributed by atoms with E-state index in [0.717, 1.165) is 19.5 Å². The summed E-state index contributed by atoms with van der Waals surface area (Å²) in [6, 6.07) is 2.68. The van der Waals surface area contributed by atoms with Crippen LogP contribution in [0.15, 0.2) is 16.5 Å². The fourth-order valence-electron chi connectivity index (χ4n) is 1.24. The van der Waals surface area contributed by atoms with E-state index in [0.29, 0.717) is 0 Å². The maximum absolute atomic E-state index is 11.5. The Morgan fingerprint density at radius 2 is 1.93 bits per heavy atom. The first-order chi connectivity index (χ1) is 6.68. The van der Waals surface area contributed by atoms with Gasteiger partial charge in [-0.3, -0.25) is 4.79 Å². The summed E-state index contributed by atoms with van der Waals surface area (Å²) in [5.74, 6) is -1.49. The highest BCUT2D eigenvalue weighted by atomic mass is 16.4. The van der Waals surface area contributed by atoms with E-state index in [1.165, 1.54) is 12.1 Å². The molecule has 1 amide bonds. The molecule has 2 heterocycles. The molecule has 1 saturated heterocycles. The topological polar surface area (TPSA) is 70.8 Å². The molecule has 0 unspecified atom stereocenters. The number of carbonyl (C=O) groups excluding carboxylic acids is 1. The van der Waals surface area contributed by atoms with Crippen molar-refractivity contribution in [3.63, 3.8) is 0 Å². The van der Waals surface area contributed by atoms with E-state index in [2.05, 4.69) is 0 Å². The summed E-state index contributed by atoms with van der Waals surface area (Å²) >= 11 is 0. The van der Waals surface area contributed by atoms with Gasteiger partial charge in [0.2, 0.25) is 5.76 Å². The lowest BCUT2D eigenvalue weighted by molar-refractivity contribution is 0.0602. The Morgan fingerprint density at radius 3 is 2.36 bits per heavy atom. The molecular weight excluding hydrogens is 186 g/mol. The molecule has 5 heteroatoms. The van der Waals surface area contributed by atoms with Crippen LogP contribution >= 0.6 is 0 Å². The summed E-state index contributed by atoms with van der Waals surface area (Å²) in [5.41, 5.74) is 0. The minimum absolute atomic E-state index is 0.0992. The highest BCUT2D eigenvalue weighted by Gasteiger charge is 2.24. The van der Waals surface area contributed by atoms with Gasteiger partial charge in [-0.05, 0) is 18.6 Å². The molecule has 0 saturated carbocycles. The maximum Gasteiger partial charge on any atom is 0.371 e. The number of amides is 1. The second-order valence-corrected chi connectivity index (χ2v) is 3.11. The average molecular weight is 195 g/mol. The number of likely N-dealkylation sites (tertiary alicyclic amines) is 1. The summed E-state index contributed by atoms with van der Waals surface area (Å²) in [6.45, 7) is 1.45. The Kier molecular flexibility index (Phi) is 1.99. The van der Waals surface area contributed by atoms with E-state index in [1.807, 2.05) is 0 Å². The summed E-state index contributed by atoms with van der Waals surface area (Å²) < 4.78 is 4.87. The third-order valence-corrected chi connectivity index (χ3v) is 2.17. The third kappa shape index (κ3) is 1.37. The largest absolute Gasteiger partial charge is 0.475 e. The highest BCUT2D eigenvalue weighted by molar-refractivity contribution is 5.93. The lowest BCUT2D eigenvalue weighted by Crippen LogP contribution is -2.41. The van der Waals surface area contributed by atoms with Crippen molar-refractivity contribution in [3.8, 4) is 0 Å². The van der Waals surface area contributed by atoms with E-state index in [1.54, 1.807) is 4.90 Å². The van der Waals surface area contributed by atoms with E-state index in [9.17, 15) is 9.59 Å². The predicted molar refractivity (Wildman–Crippen MR) is 46.2 cm³/mol. The van der Waals surface area contributed by atoms with Gasteiger partial charge in [0.1, 0.15) is 0 Å². The van der Waals surface area contributed by atoms with Crippen molar-refractivity contribution in [2.75, 3.05) is 13.1 Å². The van der Waals surface area contributed by atoms with Crippen LogP contribution in [0.3, 0.4) is 0 Å². The van der Waals surface area contributed by atoms with Crippen LogP contribution < -0.4 is 0 Å². The first-order valence-electron chi connectivity index (χ1n) is 4.31. The van der Waals surface area contributed by atoms with Gasteiger partial charge in [-0.15, -0.1) is 0 Å². The van der Waals surface area contributed by atoms with Gasteiger partial charge in [0.15, 0.2) is 5.76 Å². The van der Waals surface area contributed by atoms with Crippen LogP contribution in [0.1, 0.15) is 27.5 Å². The summed E-state index contributed by atoms with van der Waals surface area (Å²) in [7, 11) is 0. The Morgan fingerprint density at radius 1 is 1.29 bits per heavy atom. The number of aromatic carboxylic acids is 1. The molecule has 1 aliphatic rings. The Bertz CT molecular complexity index is 378. The number of hydrogen-bond acceptors (Lipinski definition) is 3. The molecule has 0 spiro atoms. The van der Waals surface area contributed by atoms with Gasteiger partial charge < -0.3 is 14.4 Å². The Labute approximate surface area is 79.9 Å². The molecule has 5 nitrogen and oxygen atoms in total. The molecule has 1 aromatic heterocycles. The monoisotopic (exact) mass is 195 g/mol. The van der Waals surface area contributed by atoms with Crippen molar-refractivity contribution >= 4 is 11.9 Å². The molecule has 0 aliphatic carbocycles. The first-order valence-corrected chi connectivity index (χ1v) is 4.31. The van der Waals surface area contributed by atoms with Crippen molar-refractivity contribution in [3.05, 3.63) is 23.7 Å². The van der Waals surface area contributed by atoms with E-state index < -0.39 is 5.97 Å². The molecule has 1 N–H and O–H groups in total. The zero-order valence-corrected chi connectivity index (χ0v) is 7.40.